The molecule has 2 rings (SSSR count). The highest BCUT2D eigenvalue weighted by Gasteiger charge is 2.16. The van der Waals surface area contributed by atoms with E-state index < -0.39 is 0 Å². The van der Waals surface area contributed by atoms with Gasteiger partial charge in [0.05, 0.1) is 0 Å². The lowest BCUT2D eigenvalue weighted by molar-refractivity contribution is 0.632. The van der Waals surface area contributed by atoms with E-state index in [1.807, 2.05) is 7.05 Å². The smallest absolute Gasteiger partial charge is 0.0446 e. The molecule has 3 nitrogen and oxygen atoms in total. The highest BCUT2D eigenvalue weighted by Crippen LogP contribution is 2.27. The van der Waals surface area contributed by atoms with Crippen molar-refractivity contribution in [1.29, 1.82) is 0 Å². The third-order valence-electron chi connectivity index (χ3n) is 5.91. The fourth-order valence-electron chi connectivity index (χ4n) is 4.21. The Bertz CT molecular complexity index is 726. The van der Waals surface area contributed by atoms with Crippen LogP contribution in [0, 0.1) is 0 Å². The third kappa shape index (κ3) is 7.40. The summed E-state index contributed by atoms with van der Waals surface area (Å²) >= 11 is 0. The Morgan fingerprint density at radius 3 is 2.48 bits per heavy atom. The Balaban J connectivity index is 1.82. The van der Waals surface area contributed by atoms with E-state index in [-0.39, 0.29) is 0 Å². The summed E-state index contributed by atoms with van der Waals surface area (Å²) in [5, 5.41) is 3.64. The molecule has 0 unspecified atom stereocenters. The topological polar surface area (TPSA) is 36.8 Å². The van der Waals surface area contributed by atoms with Gasteiger partial charge in [-0.3, -0.25) is 9.98 Å². The second kappa shape index (κ2) is 13.3. The zero-order valence-corrected chi connectivity index (χ0v) is 18.8. The van der Waals surface area contributed by atoms with Crippen molar-refractivity contribution >= 4 is 18.0 Å². The van der Waals surface area contributed by atoms with E-state index in [1.165, 1.54) is 53.8 Å². The Morgan fingerprint density at radius 2 is 1.79 bits per heavy atom. The third-order valence-corrected chi connectivity index (χ3v) is 5.91. The van der Waals surface area contributed by atoms with Gasteiger partial charge in [0.2, 0.25) is 0 Å². The Kier molecular flexibility index (Phi) is 10.6. The summed E-state index contributed by atoms with van der Waals surface area (Å²) in [5.41, 5.74) is 8.15. The minimum Gasteiger partial charge on any atom is -0.316 e. The maximum atomic E-state index is 4.48. The molecule has 1 aliphatic carbocycles. The van der Waals surface area contributed by atoms with Gasteiger partial charge in [-0.15, -0.1) is 0 Å². The van der Waals surface area contributed by atoms with Crippen LogP contribution in [-0.4, -0.2) is 32.6 Å². The SMILES string of the molecule is C=N/C(CCCNCC/C(CCC)=C(\C)c1ccccc1)=C1/CCCCC1=NC. The van der Waals surface area contributed by atoms with Gasteiger partial charge >= 0.3 is 0 Å². The molecule has 0 spiro atoms. The number of nitrogens with one attached hydrogen (secondary N) is 1. The second-order valence-corrected chi connectivity index (χ2v) is 7.91. The first-order valence-corrected chi connectivity index (χ1v) is 11.3. The van der Waals surface area contributed by atoms with Crippen molar-refractivity contribution in [2.45, 2.75) is 71.6 Å². The monoisotopic (exact) mass is 393 g/mol. The number of allylic oxidation sites excluding steroid dienone is 3. The number of hydrogen-bond donors (Lipinski definition) is 1. The predicted octanol–water partition coefficient (Wildman–Crippen LogP) is 6.62. The van der Waals surface area contributed by atoms with Crippen LogP contribution < -0.4 is 5.32 Å². The van der Waals surface area contributed by atoms with Gasteiger partial charge in [-0.25, -0.2) is 0 Å². The van der Waals surface area contributed by atoms with Gasteiger partial charge in [0.1, 0.15) is 0 Å². The van der Waals surface area contributed by atoms with Crippen molar-refractivity contribution in [3.63, 3.8) is 0 Å². The number of hydrogen-bond acceptors (Lipinski definition) is 3. The van der Waals surface area contributed by atoms with E-state index in [2.05, 4.69) is 66.2 Å². The number of nitrogens with zero attached hydrogens (tertiary/aromatic N) is 2. The van der Waals surface area contributed by atoms with Gasteiger partial charge in [-0.2, -0.15) is 0 Å². The van der Waals surface area contributed by atoms with Crippen molar-refractivity contribution < 1.29 is 0 Å². The molecule has 0 aliphatic heterocycles. The molecule has 1 aliphatic rings. The lowest BCUT2D eigenvalue weighted by atomic mass is 9.90. The van der Waals surface area contributed by atoms with Gasteiger partial charge in [-0.05, 0) is 94.8 Å². The maximum absolute atomic E-state index is 4.48. The maximum Gasteiger partial charge on any atom is 0.0446 e. The lowest BCUT2D eigenvalue weighted by Crippen LogP contribution is -2.18. The van der Waals surface area contributed by atoms with Crippen LogP contribution in [0.25, 0.3) is 5.57 Å². The van der Waals surface area contributed by atoms with Crippen molar-refractivity contribution in [3.05, 3.63) is 52.7 Å². The van der Waals surface area contributed by atoms with Gasteiger partial charge in [0.25, 0.3) is 0 Å². The number of aliphatic imine (C=N–C) groups is 2. The molecule has 0 atom stereocenters. The molecule has 0 aromatic heterocycles. The zero-order valence-electron chi connectivity index (χ0n) is 18.8. The molecular formula is C26H39N3. The summed E-state index contributed by atoms with van der Waals surface area (Å²) in [6.07, 6.45) is 10.3. The fraction of sp³-hybridized carbons (Fsp3) is 0.538. The summed E-state index contributed by atoms with van der Waals surface area (Å²) in [6, 6.07) is 10.8. The normalized spacial score (nSPS) is 18.5. The molecule has 0 saturated heterocycles. The lowest BCUT2D eigenvalue weighted by Gasteiger charge is -2.19. The summed E-state index contributed by atoms with van der Waals surface area (Å²) in [5.74, 6) is 0. The van der Waals surface area contributed by atoms with Crippen LogP contribution in [0.4, 0.5) is 0 Å². The van der Waals surface area contributed by atoms with Crippen LogP contribution in [0.2, 0.25) is 0 Å². The number of rotatable bonds is 11. The average molecular weight is 394 g/mol. The van der Waals surface area contributed by atoms with E-state index >= 15 is 0 Å². The first-order valence-electron chi connectivity index (χ1n) is 11.3. The molecule has 0 heterocycles. The minimum atomic E-state index is 0.992. The molecule has 1 aromatic rings. The van der Waals surface area contributed by atoms with Crippen molar-refractivity contribution in [1.82, 2.24) is 5.32 Å². The molecular weight excluding hydrogens is 354 g/mol. The van der Waals surface area contributed by atoms with Crippen molar-refractivity contribution in [3.8, 4) is 0 Å². The standard InChI is InChI=1S/C26H39N3/c1-5-12-22(21(2)23-13-7-6-8-14-23)18-20-29-19-11-17-26(28-4)24-15-9-10-16-25(24)27-3/h6-8,13-14,29H,4-5,9-12,15-20H2,1-3H3/b22-21+,26-24-,27-25?. The van der Waals surface area contributed by atoms with Crippen LogP contribution in [0.3, 0.4) is 0 Å². The number of benzene rings is 1. The van der Waals surface area contributed by atoms with Crippen molar-refractivity contribution in [2.24, 2.45) is 9.98 Å². The summed E-state index contributed by atoms with van der Waals surface area (Å²) in [4.78, 5) is 8.83. The Morgan fingerprint density at radius 1 is 1.03 bits per heavy atom. The summed E-state index contributed by atoms with van der Waals surface area (Å²) in [6.45, 7) is 10.4. The van der Waals surface area contributed by atoms with Gasteiger partial charge < -0.3 is 5.32 Å². The van der Waals surface area contributed by atoms with Crippen LogP contribution in [0.5, 0.6) is 0 Å². The van der Waals surface area contributed by atoms with Gasteiger partial charge in [0, 0.05) is 18.5 Å². The zero-order chi connectivity index (χ0) is 20.9. The van der Waals surface area contributed by atoms with E-state index in [0.29, 0.717) is 0 Å². The van der Waals surface area contributed by atoms with Crippen LogP contribution >= 0.6 is 0 Å². The van der Waals surface area contributed by atoms with E-state index in [0.717, 1.165) is 45.2 Å². The summed E-state index contributed by atoms with van der Waals surface area (Å²) in [7, 11) is 1.90. The first-order chi connectivity index (χ1) is 14.2. The largest absolute Gasteiger partial charge is 0.316 e. The Hall–Kier alpha value is -2.00. The molecule has 29 heavy (non-hydrogen) atoms. The highest BCUT2D eigenvalue weighted by molar-refractivity contribution is 6.01. The molecule has 0 radical (unpaired) electrons. The molecule has 1 saturated carbocycles. The van der Waals surface area contributed by atoms with Crippen LogP contribution in [-0.2, 0) is 0 Å². The second-order valence-electron chi connectivity index (χ2n) is 7.91. The summed E-state index contributed by atoms with van der Waals surface area (Å²) < 4.78 is 0. The fourth-order valence-corrected chi connectivity index (χ4v) is 4.21. The molecule has 158 valence electrons. The van der Waals surface area contributed by atoms with Crippen LogP contribution in [0.15, 0.2) is 57.2 Å². The molecule has 0 amide bonds. The molecule has 0 bridgehead atoms. The van der Waals surface area contributed by atoms with Gasteiger partial charge in [-0.1, -0.05) is 49.2 Å². The average Bonchev–Trinajstić information content (AvgIpc) is 2.78. The van der Waals surface area contributed by atoms with Gasteiger partial charge in [0.15, 0.2) is 0 Å². The molecule has 3 heteroatoms. The quantitative estimate of drug-likeness (QED) is 0.333. The van der Waals surface area contributed by atoms with E-state index in [9.17, 15) is 0 Å². The molecule has 1 aromatic carbocycles. The molecule has 1 fully saturated rings. The van der Waals surface area contributed by atoms with E-state index in [1.54, 1.807) is 5.57 Å². The first kappa shape index (κ1) is 23.3. The highest BCUT2D eigenvalue weighted by atomic mass is 14.8. The minimum absolute atomic E-state index is 0.992. The van der Waals surface area contributed by atoms with Crippen molar-refractivity contribution in [2.75, 3.05) is 20.1 Å². The van der Waals surface area contributed by atoms with E-state index in [4.69, 9.17) is 0 Å². The van der Waals surface area contributed by atoms with Crippen LogP contribution in [0.1, 0.15) is 77.2 Å². The Labute approximate surface area is 178 Å². The molecule has 1 N–H and O–H groups in total. The predicted molar refractivity (Wildman–Crippen MR) is 129 cm³/mol.